The number of aryl methyl sites for hydroxylation is 2. The van der Waals surface area contributed by atoms with Crippen LogP contribution in [0.5, 0.6) is 5.75 Å². The Balaban J connectivity index is 1.50. The minimum atomic E-state index is -0.885. The van der Waals surface area contributed by atoms with E-state index in [4.69, 9.17) is 9.26 Å². The quantitative estimate of drug-likeness (QED) is 0.833. The first-order valence-corrected chi connectivity index (χ1v) is 10.3. The van der Waals surface area contributed by atoms with Gasteiger partial charge in [-0.2, -0.15) is 0 Å². The molecule has 0 amide bonds. The topological polar surface area (TPSA) is 55.5 Å². The molecule has 144 valence electrons. The maximum atomic E-state index is 11.7. The van der Waals surface area contributed by atoms with Crippen LogP contribution in [0.15, 0.2) is 28.8 Å². The average Bonchev–Trinajstić information content (AvgIpc) is 3.23. The third-order valence-electron chi connectivity index (χ3n) is 8.12. The number of fused-ring (bicyclic) bond motifs is 5. The average molecular weight is 367 g/mol. The van der Waals surface area contributed by atoms with Gasteiger partial charge in [0.1, 0.15) is 11.4 Å². The zero-order chi connectivity index (χ0) is 18.8. The van der Waals surface area contributed by atoms with Crippen molar-refractivity contribution < 1.29 is 14.4 Å². The molecule has 5 rings (SSSR count). The summed E-state index contributed by atoms with van der Waals surface area (Å²) in [6.07, 6.45) is 6.32. The van der Waals surface area contributed by atoms with Crippen LogP contribution < -0.4 is 4.74 Å². The van der Waals surface area contributed by atoms with Gasteiger partial charge in [-0.3, -0.25) is 0 Å². The first-order valence-electron chi connectivity index (χ1n) is 10.3. The van der Waals surface area contributed by atoms with Gasteiger partial charge in [-0.15, -0.1) is 0 Å². The smallest absolute Gasteiger partial charge is 0.169 e. The highest BCUT2D eigenvalue weighted by atomic mass is 16.5. The molecule has 3 aliphatic carbocycles. The molecule has 1 heterocycles. The number of ether oxygens (including phenoxy) is 1. The Morgan fingerprint density at radius 1 is 1.19 bits per heavy atom. The highest BCUT2D eigenvalue weighted by molar-refractivity contribution is 5.41. The van der Waals surface area contributed by atoms with Crippen LogP contribution in [-0.2, 0) is 12.0 Å². The number of methoxy groups -OCH3 is 1. The predicted octanol–water partition coefficient (Wildman–Crippen LogP) is 4.74. The Morgan fingerprint density at radius 2 is 2.04 bits per heavy atom. The predicted molar refractivity (Wildman–Crippen MR) is 103 cm³/mol. The second-order valence-electron chi connectivity index (χ2n) is 9.17. The Bertz CT molecular complexity index is 874. The molecule has 1 aromatic carbocycles. The molecule has 4 nitrogen and oxygen atoms in total. The van der Waals surface area contributed by atoms with Gasteiger partial charge in [0.15, 0.2) is 5.76 Å². The van der Waals surface area contributed by atoms with Crippen molar-refractivity contribution in [3.63, 3.8) is 0 Å². The summed E-state index contributed by atoms with van der Waals surface area (Å²) in [5, 5.41) is 15.8. The van der Waals surface area contributed by atoms with E-state index in [9.17, 15) is 5.11 Å². The van der Waals surface area contributed by atoms with Gasteiger partial charge in [0.05, 0.1) is 12.8 Å². The van der Waals surface area contributed by atoms with Crippen LogP contribution in [0.4, 0.5) is 0 Å². The van der Waals surface area contributed by atoms with Crippen LogP contribution >= 0.6 is 0 Å². The number of nitrogens with zero attached hydrogens (tertiary/aromatic N) is 1. The molecule has 0 aliphatic heterocycles. The van der Waals surface area contributed by atoms with Gasteiger partial charge < -0.3 is 14.4 Å². The summed E-state index contributed by atoms with van der Waals surface area (Å²) in [6, 6.07) is 8.55. The van der Waals surface area contributed by atoms with Crippen LogP contribution in [-0.4, -0.2) is 17.4 Å². The van der Waals surface area contributed by atoms with Crippen LogP contribution in [0, 0.1) is 24.2 Å². The molecule has 3 aliphatic rings. The summed E-state index contributed by atoms with van der Waals surface area (Å²) in [5.74, 6) is 3.41. The van der Waals surface area contributed by atoms with Gasteiger partial charge in [-0.1, -0.05) is 18.1 Å². The van der Waals surface area contributed by atoms with E-state index in [1.807, 2.05) is 13.0 Å². The molecular formula is C23H29NO3. The number of benzene rings is 1. The number of hydrogen-bond acceptors (Lipinski definition) is 4. The Morgan fingerprint density at radius 3 is 2.78 bits per heavy atom. The van der Waals surface area contributed by atoms with E-state index in [0.717, 1.165) is 43.5 Å². The van der Waals surface area contributed by atoms with Crippen molar-refractivity contribution in [3.05, 3.63) is 46.8 Å². The molecule has 0 saturated heterocycles. The largest absolute Gasteiger partial charge is 0.497 e. The summed E-state index contributed by atoms with van der Waals surface area (Å²) < 4.78 is 11.0. The molecule has 0 radical (unpaired) electrons. The number of aliphatic hydroxyl groups is 1. The molecule has 5 atom stereocenters. The van der Waals surface area contributed by atoms with Gasteiger partial charge >= 0.3 is 0 Å². The SMILES string of the molecule is COc1ccc2c(c1)CC[C@@H]1[C@@H]2CC[C@@]2(C)[C@H]1CC[C@@]2(O)c1cc(C)no1. The van der Waals surface area contributed by atoms with Crippen molar-refractivity contribution in [3.8, 4) is 5.75 Å². The van der Waals surface area contributed by atoms with Crippen LogP contribution in [0.1, 0.15) is 67.5 Å². The Hall–Kier alpha value is -1.81. The van der Waals surface area contributed by atoms with Crippen molar-refractivity contribution in [2.24, 2.45) is 17.3 Å². The van der Waals surface area contributed by atoms with Gasteiger partial charge in [0.25, 0.3) is 0 Å². The maximum Gasteiger partial charge on any atom is 0.169 e. The second-order valence-corrected chi connectivity index (χ2v) is 9.17. The van der Waals surface area contributed by atoms with Crippen LogP contribution in [0.3, 0.4) is 0 Å². The summed E-state index contributed by atoms with van der Waals surface area (Å²) in [4.78, 5) is 0. The zero-order valence-corrected chi connectivity index (χ0v) is 16.5. The normalized spacial score (nSPS) is 37.4. The molecule has 2 fully saturated rings. The lowest BCUT2D eigenvalue weighted by Gasteiger charge is -2.52. The summed E-state index contributed by atoms with van der Waals surface area (Å²) in [5.41, 5.74) is 2.80. The summed E-state index contributed by atoms with van der Waals surface area (Å²) in [6.45, 7) is 4.22. The third kappa shape index (κ3) is 2.29. The van der Waals surface area contributed by atoms with Crippen molar-refractivity contribution in [2.45, 2.75) is 63.9 Å². The zero-order valence-electron chi connectivity index (χ0n) is 16.5. The lowest BCUT2D eigenvalue weighted by Crippen LogP contribution is -2.49. The van der Waals surface area contributed by atoms with Crippen LogP contribution in [0.2, 0.25) is 0 Å². The standard InChI is InChI=1S/C23H29NO3/c1-14-12-21(27-24-14)23(25)11-9-20-19-6-4-15-13-16(26-3)5-7-17(15)18(19)8-10-22(20,23)2/h5,7,12-13,18-20,25H,4,6,8-11H2,1-3H3/t18-,19-,20+,22+,23-/m1/s1. The highest BCUT2D eigenvalue weighted by Crippen LogP contribution is 2.67. The van der Waals surface area contributed by atoms with E-state index in [-0.39, 0.29) is 5.41 Å². The fourth-order valence-electron chi connectivity index (χ4n) is 6.66. The fourth-order valence-corrected chi connectivity index (χ4v) is 6.66. The molecule has 1 aromatic heterocycles. The molecule has 27 heavy (non-hydrogen) atoms. The second kappa shape index (κ2) is 5.84. The van der Waals surface area contributed by atoms with Gasteiger partial charge in [-0.25, -0.2) is 0 Å². The Kier molecular flexibility index (Phi) is 3.74. The van der Waals surface area contributed by atoms with E-state index in [1.165, 1.54) is 17.5 Å². The molecule has 0 unspecified atom stereocenters. The van der Waals surface area contributed by atoms with E-state index < -0.39 is 5.60 Å². The van der Waals surface area contributed by atoms with Crippen molar-refractivity contribution in [2.75, 3.05) is 7.11 Å². The van der Waals surface area contributed by atoms with Crippen LogP contribution in [0.25, 0.3) is 0 Å². The Labute approximate surface area is 160 Å². The molecule has 2 saturated carbocycles. The van der Waals surface area contributed by atoms with Crippen molar-refractivity contribution in [1.29, 1.82) is 0 Å². The molecule has 2 aromatic rings. The number of rotatable bonds is 2. The highest BCUT2D eigenvalue weighted by Gasteiger charge is 2.63. The number of hydrogen-bond donors (Lipinski definition) is 1. The molecule has 0 bridgehead atoms. The third-order valence-corrected chi connectivity index (χ3v) is 8.12. The summed E-state index contributed by atoms with van der Waals surface area (Å²) >= 11 is 0. The first kappa shape index (κ1) is 17.3. The van der Waals surface area contributed by atoms with E-state index in [1.54, 1.807) is 7.11 Å². The van der Waals surface area contributed by atoms with Crippen molar-refractivity contribution >= 4 is 0 Å². The van der Waals surface area contributed by atoms with Gasteiger partial charge in [0.2, 0.25) is 0 Å². The lowest BCUT2D eigenvalue weighted by molar-refractivity contribution is -0.122. The van der Waals surface area contributed by atoms with Gasteiger partial charge in [0, 0.05) is 11.5 Å². The lowest BCUT2D eigenvalue weighted by atomic mass is 9.53. The van der Waals surface area contributed by atoms with E-state index in [0.29, 0.717) is 23.5 Å². The molecular weight excluding hydrogens is 338 g/mol. The van der Waals surface area contributed by atoms with Crippen molar-refractivity contribution in [1.82, 2.24) is 5.16 Å². The van der Waals surface area contributed by atoms with Gasteiger partial charge in [-0.05, 0) is 86.5 Å². The maximum absolute atomic E-state index is 11.7. The van der Waals surface area contributed by atoms with E-state index in [2.05, 4.69) is 30.3 Å². The first-order chi connectivity index (χ1) is 13.0. The molecule has 1 N–H and O–H groups in total. The molecule has 4 heteroatoms. The number of aromatic nitrogens is 1. The summed E-state index contributed by atoms with van der Waals surface area (Å²) in [7, 11) is 1.74. The minimum Gasteiger partial charge on any atom is -0.497 e. The minimum absolute atomic E-state index is 0.135. The van der Waals surface area contributed by atoms with E-state index >= 15 is 0 Å². The molecule has 0 spiro atoms. The fraction of sp³-hybridized carbons (Fsp3) is 0.609. The monoisotopic (exact) mass is 367 g/mol.